The normalized spacial score (nSPS) is 38.6. The predicted molar refractivity (Wildman–Crippen MR) is 53.0 cm³/mol. The number of carboxylic acids is 1. The van der Waals surface area contributed by atoms with Gasteiger partial charge in [-0.15, -0.1) is 0 Å². The van der Waals surface area contributed by atoms with Crippen LogP contribution in [-0.2, 0) is 4.79 Å². The highest BCUT2D eigenvalue weighted by molar-refractivity contribution is 7.99. The first-order valence-electron chi connectivity index (χ1n) is 4.84. The number of rotatable bonds is 3. The second-order valence-electron chi connectivity index (χ2n) is 3.86. The molecule has 3 atom stereocenters. The van der Waals surface area contributed by atoms with Crippen molar-refractivity contribution in [3.05, 3.63) is 0 Å². The van der Waals surface area contributed by atoms with Gasteiger partial charge in [-0.3, -0.25) is 4.79 Å². The average Bonchev–Trinajstić information content (AvgIpc) is 2.48. The Kier molecular flexibility index (Phi) is 2.79. The van der Waals surface area contributed by atoms with Crippen LogP contribution >= 0.6 is 11.8 Å². The van der Waals surface area contributed by atoms with E-state index < -0.39 is 5.97 Å². The Hall–Kier alpha value is -0.220. The zero-order valence-corrected chi connectivity index (χ0v) is 8.35. The Morgan fingerprint density at radius 3 is 2.69 bits per heavy atom. The van der Waals surface area contributed by atoms with Gasteiger partial charge in [-0.2, -0.15) is 11.8 Å². The van der Waals surface area contributed by atoms with Gasteiger partial charge in [-0.25, -0.2) is 0 Å². The molecule has 2 rings (SSSR count). The van der Waals surface area contributed by atoms with E-state index in [1.54, 1.807) is 0 Å². The van der Waals surface area contributed by atoms with Gasteiger partial charge in [0.2, 0.25) is 0 Å². The van der Waals surface area contributed by atoms with Crippen LogP contribution in [0.1, 0.15) is 19.3 Å². The minimum atomic E-state index is -0.630. The third-order valence-electron chi connectivity index (χ3n) is 2.97. The van der Waals surface area contributed by atoms with Crippen LogP contribution in [0.5, 0.6) is 0 Å². The zero-order valence-electron chi connectivity index (χ0n) is 7.53. The molecule has 3 unspecified atom stereocenters. The van der Waals surface area contributed by atoms with E-state index in [9.17, 15) is 4.79 Å². The van der Waals surface area contributed by atoms with Crippen LogP contribution < -0.4 is 5.32 Å². The lowest BCUT2D eigenvalue weighted by molar-refractivity contribution is -0.146. The monoisotopic (exact) mass is 201 g/mol. The van der Waals surface area contributed by atoms with Crippen LogP contribution in [0, 0.1) is 5.92 Å². The van der Waals surface area contributed by atoms with Crippen LogP contribution in [0.25, 0.3) is 0 Å². The Labute approximate surface area is 82.3 Å². The highest BCUT2D eigenvalue weighted by Crippen LogP contribution is 2.29. The van der Waals surface area contributed by atoms with Crippen molar-refractivity contribution in [2.24, 2.45) is 5.92 Å². The third-order valence-corrected chi connectivity index (χ3v) is 4.13. The molecule has 1 saturated heterocycles. The maximum Gasteiger partial charge on any atom is 0.308 e. The van der Waals surface area contributed by atoms with E-state index in [-0.39, 0.29) is 12.0 Å². The number of carboxylic acid groups (broad SMARTS) is 1. The first kappa shape index (κ1) is 9.34. The summed E-state index contributed by atoms with van der Waals surface area (Å²) in [5, 5.41) is 12.3. The fraction of sp³-hybridized carbons (Fsp3) is 0.889. The van der Waals surface area contributed by atoms with Gasteiger partial charge in [-0.05, 0) is 25.0 Å². The molecule has 2 fully saturated rings. The molecule has 0 aromatic carbocycles. The predicted octanol–water partition coefficient (Wildman–Crippen LogP) is 0.945. The van der Waals surface area contributed by atoms with E-state index in [1.807, 2.05) is 11.8 Å². The van der Waals surface area contributed by atoms with Gasteiger partial charge in [0.05, 0.1) is 5.92 Å². The van der Waals surface area contributed by atoms with Crippen molar-refractivity contribution in [2.45, 2.75) is 31.3 Å². The SMILES string of the molecule is O=C(O)C1CCC1NC1CCSC1. The number of hydrogen-bond acceptors (Lipinski definition) is 3. The lowest BCUT2D eigenvalue weighted by atomic mass is 9.79. The highest BCUT2D eigenvalue weighted by Gasteiger charge is 2.37. The van der Waals surface area contributed by atoms with Gasteiger partial charge in [-0.1, -0.05) is 0 Å². The van der Waals surface area contributed by atoms with Crippen LogP contribution in [0.4, 0.5) is 0 Å². The maximum atomic E-state index is 10.7. The smallest absolute Gasteiger partial charge is 0.308 e. The summed E-state index contributed by atoms with van der Waals surface area (Å²) >= 11 is 1.96. The van der Waals surface area contributed by atoms with Gasteiger partial charge >= 0.3 is 5.97 Å². The number of carbonyl (C=O) groups is 1. The second kappa shape index (κ2) is 3.88. The topological polar surface area (TPSA) is 49.3 Å². The van der Waals surface area contributed by atoms with Gasteiger partial charge in [0.15, 0.2) is 0 Å². The van der Waals surface area contributed by atoms with E-state index in [0.29, 0.717) is 6.04 Å². The van der Waals surface area contributed by atoms with E-state index in [0.717, 1.165) is 18.6 Å². The number of aliphatic carboxylic acids is 1. The maximum absolute atomic E-state index is 10.7. The quantitative estimate of drug-likeness (QED) is 0.713. The molecule has 1 saturated carbocycles. The molecule has 2 aliphatic rings. The summed E-state index contributed by atoms with van der Waals surface area (Å²) in [5.74, 6) is 1.63. The van der Waals surface area contributed by atoms with Crippen molar-refractivity contribution in [3.63, 3.8) is 0 Å². The summed E-state index contributed by atoms with van der Waals surface area (Å²) in [6.45, 7) is 0. The van der Waals surface area contributed by atoms with Crippen molar-refractivity contribution < 1.29 is 9.90 Å². The molecule has 0 amide bonds. The standard InChI is InChI=1S/C9H15NO2S/c11-9(12)7-1-2-8(7)10-6-3-4-13-5-6/h6-8,10H,1-5H2,(H,11,12). The molecule has 74 valence electrons. The number of hydrogen-bond donors (Lipinski definition) is 2. The Morgan fingerprint density at radius 1 is 1.38 bits per heavy atom. The lowest BCUT2D eigenvalue weighted by Gasteiger charge is -2.36. The minimum Gasteiger partial charge on any atom is -0.481 e. The highest BCUT2D eigenvalue weighted by atomic mass is 32.2. The summed E-state index contributed by atoms with van der Waals surface area (Å²) < 4.78 is 0. The summed E-state index contributed by atoms with van der Waals surface area (Å²) in [4.78, 5) is 10.7. The molecule has 4 heteroatoms. The van der Waals surface area contributed by atoms with Crippen molar-refractivity contribution in [1.29, 1.82) is 0 Å². The second-order valence-corrected chi connectivity index (χ2v) is 5.01. The Morgan fingerprint density at radius 2 is 2.23 bits per heavy atom. The molecular formula is C9H15NO2S. The molecular weight excluding hydrogens is 186 g/mol. The zero-order chi connectivity index (χ0) is 9.26. The molecule has 1 heterocycles. The fourth-order valence-corrected chi connectivity index (χ4v) is 3.13. The molecule has 0 radical (unpaired) electrons. The van der Waals surface area contributed by atoms with Crippen LogP contribution in [0.3, 0.4) is 0 Å². The summed E-state index contributed by atoms with van der Waals surface area (Å²) in [5.41, 5.74) is 0. The van der Waals surface area contributed by atoms with Crippen LogP contribution in [0.2, 0.25) is 0 Å². The molecule has 0 spiro atoms. The largest absolute Gasteiger partial charge is 0.481 e. The minimum absolute atomic E-state index is 0.120. The van der Waals surface area contributed by atoms with Crippen molar-refractivity contribution in [1.82, 2.24) is 5.32 Å². The summed E-state index contributed by atoms with van der Waals surface area (Å²) in [7, 11) is 0. The van der Waals surface area contributed by atoms with Gasteiger partial charge < -0.3 is 10.4 Å². The molecule has 1 aliphatic heterocycles. The average molecular weight is 201 g/mol. The molecule has 0 aromatic rings. The molecule has 2 N–H and O–H groups in total. The molecule has 13 heavy (non-hydrogen) atoms. The van der Waals surface area contributed by atoms with Gasteiger partial charge in [0.25, 0.3) is 0 Å². The number of nitrogens with one attached hydrogen (secondary N) is 1. The van der Waals surface area contributed by atoms with Gasteiger partial charge in [0.1, 0.15) is 0 Å². The first-order chi connectivity index (χ1) is 6.27. The van der Waals surface area contributed by atoms with E-state index in [1.165, 1.54) is 12.2 Å². The van der Waals surface area contributed by atoms with E-state index in [2.05, 4.69) is 5.32 Å². The van der Waals surface area contributed by atoms with E-state index in [4.69, 9.17) is 5.11 Å². The first-order valence-corrected chi connectivity index (χ1v) is 5.99. The van der Waals surface area contributed by atoms with Crippen molar-refractivity contribution >= 4 is 17.7 Å². The fourth-order valence-electron chi connectivity index (χ4n) is 1.96. The Bertz CT molecular complexity index is 204. The summed E-state index contributed by atoms with van der Waals surface area (Å²) in [6, 6.07) is 0.818. The lowest BCUT2D eigenvalue weighted by Crippen LogP contribution is -2.51. The third kappa shape index (κ3) is 1.99. The van der Waals surface area contributed by atoms with Crippen LogP contribution in [0.15, 0.2) is 0 Å². The Balaban J connectivity index is 1.78. The molecule has 1 aliphatic carbocycles. The molecule has 3 nitrogen and oxygen atoms in total. The molecule has 0 bridgehead atoms. The van der Waals surface area contributed by atoms with Crippen molar-refractivity contribution in [3.8, 4) is 0 Å². The van der Waals surface area contributed by atoms with Crippen molar-refractivity contribution in [2.75, 3.05) is 11.5 Å². The molecule has 0 aromatic heterocycles. The van der Waals surface area contributed by atoms with E-state index >= 15 is 0 Å². The number of thioether (sulfide) groups is 1. The summed E-state index contributed by atoms with van der Waals surface area (Å²) in [6.07, 6.45) is 3.10. The van der Waals surface area contributed by atoms with Gasteiger partial charge in [0, 0.05) is 17.8 Å². The van der Waals surface area contributed by atoms with Crippen LogP contribution in [-0.4, -0.2) is 34.7 Å².